The van der Waals surface area contributed by atoms with Crippen LogP contribution in [-0.4, -0.2) is 12.4 Å². The van der Waals surface area contributed by atoms with Gasteiger partial charge < -0.3 is 5.32 Å². The van der Waals surface area contributed by atoms with Gasteiger partial charge in [-0.15, -0.1) is 0 Å². The number of aliphatic imine (C=N–C) groups is 1. The molecular formula is C15H18BrN2. The van der Waals surface area contributed by atoms with Crippen LogP contribution < -0.4 is 5.32 Å². The standard InChI is InChI=1S/C15H18BrN2/c1-9(2)12-5-6-13(14(16)7-12)15-10(3)17-8-18-11(15)4/h5-7,9-10H,1-4H3,(H,17,18). The van der Waals surface area contributed by atoms with Gasteiger partial charge in [0.2, 0.25) is 0 Å². The second-order valence-corrected chi connectivity index (χ2v) is 5.84. The number of allylic oxidation sites excluding steroid dienone is 1. The van der Waals surface area contributed by atoms with E-state index in [1.54, 1.807) is 0 Å². The van der Waals surface area contributed by atoms with Crippen molar-refractivity contribution < 1.29 is 0 Å². The summed E-state index contributed by atoms with van der Waals surface area (Å²) in [4.78, 5) is 4.23. The van der Waals surface area contributed by atoms with E-state index < -0.39 is 0 Å². The van der Waals surface area contributed by atoms with Crippen LogP contribution in [0, 0.1) is 0 Å². The molecule has 0 amide bonds. The molecule has 1 atom stereocenters. The number of benzene rings is 1. The lowest BCUT2D eigenvalue weighted by molar-refractivity contribution is 0.812. The molecule has 0 spiro atoms. The predicted molar refractivity (Wildman–Crippen MR) is 80.9 cm³/mol. The highest BCUT2D eigenvalue weighted by molar-refractivity contribution is 9.10. The molecule has 3 heteroatoms. The maximum atomic E-state index is 4.23. The summed E-state index contributed by atoms with van der Waals surface area (Å²) in [6, 6.07) is 6.82. The Labute approximate surface area is 117 Å². The lowest BCUT2D eigenvalue weighted by Gasteiger charge is -2.22. The van der Waals surface area contributed by atoms with Gasteiger partial charge in [0.1, 0.15) is 0 Å². The van der Waals surface area contributed by atoms with Gasteiger partial charge >= 0.3 is 0 Å². The summed E-state index contributed by atoms with van der Waals surface area (Å²) in [5.41, 5.74) is 4.81. The van der Waals surface area contributed by atoms with Crippen molar-refractivity contribution in [1.82, 2.24) is 5.32 Å². The molecule has 1 aliphatic heterocycles. The zero-order chi connectivity index (χ0) is 13.3. The van der Waals surface area contributed by atoms with Gasteiger partial charge in [-0.3, -0.25) is 0 Å². The summed E-state index contributed by atoms with van der Waals surface area (Å²) in [6.07, 6.45) is 2.83. The first-order chi connectivity index (χ1) is 8.50. The maximum absolute atomic E-state index is 4.23. The third-order valence-electron chi connectivity index (χ3n) is 3.28. The van der Waals surface area contributed by atoms with Crippen molar-refractivity contribution in [2.24, 2.45) is 4.99 Å². The molecule has 1 unspecified atom stereocenters. The van der Waals surface area contributed by atoms with E-state index in [4.69, 9.17) is 0 Å². The Morgan fingerprint density at radius 3 is 2.67 bits per heavy atom. The number of hydrogen-bond donors (Lipinski definition) is 1. The van der Waals surface area contributed by atoms with Gasteiger partial charge in [-0.25, -0.2) is 4.99 Å². The van der Waals surface area contributed by atoms with Crippen LogP contribution >= 0.6 is 15.9 Å². The second-order valence-electron chi connectivity index (χ2n) is 4.98. The Morgan fingerprint density at radius 2 is 2.11 bits per heavy atom. The highest BCUT2D eigenvalue weighted by atomic mass is 79.9. The van der Waals surface area contributed by atoms with Crippen molar-refractivity contribution in [3.05, 3.63) is 39.5 Å². The van der Waals surface area contributed by atoms with Crippen LogP contribution in [0.4, 0.5) is 0 Å². The van der Waals surface area contributed by atoms with Crippen LogP contribution in [0.1, 0.15) is 44.7 Å². The summed E-state index contributed by atoms with van der Waals surface area (Å²) in [5, 5.41) is 3.13. The Hall–Kier alpha value is -1.09. The average Bonchev–Trinajstić information content (AvgIpc) is 2.30. The van der Waals surface area contributed by atoms with Gasteiger partial charge in [-0.05, 0) is 37.0 Å². The highest BCUT2D eigenvalue weighted by Gasteiger charge is 2.19. The number of halogens is 1. The molecule has 95 valence electrons. The number of hydrogen-bond acceptors (Lipinski definition) is 2. The van der Waals surface area contributed by atoms with Crippen LogP contribution in [-0.2, 0) is 0 Å². The zero-order valence-electron chi connectivity index (χ0n) is 11.2. The van der Waals surface area contributed by atoms with Crippen molar-refractivity contribution in [1.29, 1.82) is 0 Å². The minimum atomic E-state index is 0.240. The zero-order valence-corrected chi connectivity index (χ0v) is 12.8. The van der Waals surface area contributed by atoms with E-state index in [2.05, 4.69) is 71.5 Å². The van der Waals surface area contributed by atoms with Crippen LogP contribution in [0.15, 0.2) is 33.4 Å². The quantitative estimate of drug-likeness (QED) is 0.870. The van der Waals surface area contributed by atoms with E-state index in [0.717, 1.165) is 10.2 Å². The van der Waals surface area contributed by atoms with Crippen LogP contribution in [0.3, 0.4) is 0 Å². The molecule has 0 aromatic heterocycles. The van der Waals surface area contributed by atoms with Crippen LogP contribution in [0.5, 0.6) is 0 Å². The Bertz CT molecular complexity index is 515. The third-order valence-corrected chi connectivity index (χ3v) is 3.93. The molecule has 1 aliphatic rings. The first kappa shape index (κ1) is 13.3. The molecule has 0 bridgehead atoms. The fraction of sp³-hybridized carbons (Fsp3) is 0.400. The molecule has 0 saturated carbocycles. The molecule has 2 rings (SSSR count). The molecule has 0 fully saturated rings. The van der Waals surface area contributed by atoms with E-state index >= 15 is 0 Å². The summed E-state index contributed by atoms with van der Waals surface area (Å²) < 4.78 is 1.13. The van der Waals surface area contributed by atoms with Gasteiger partial charge in [-0.2, -0.15) is 0 Å². The molecule has 1 N–H and O–H groups in total. The first-order valence-electron chi connectivity index (χ1n) is 6.22. The van der Waals surface area contributed by atoms with Crippen molar-refractivity contribution in [3.63, 3.8) is 0 Å². The molecular weight excluding hydrogens is 288 g/mol. The van der Waals surface area contributed by atoms with E-state index in [1.165, 1.54) is 16.7 Å². The van der Waals surface area contributed by atoms with Gasteiger partial charge in [0.15, 0.2) is 6.34 Å². The molecule has 0 aliphatic carbocycles. The molecule has 1 heterocycles. The Kier molecular flexibility index (Phi) is 3.91. The molecule has 2 nitrogen and oxygen atoms in total. The van der Waals surface area contributed by atoms with Crippen LogP contribution in [0.25, 0.3) is 5.57 Å². The summed E-state index contributed by atoms with van der Waals surface area (Å²) in [7, 11) is 0. The number of nitrogens with zero attached hydrogens (tertiary/aromatic N) is 1. The lowest BCUT2D eigenvalue weighted by Crippen LogP contribution is -2.29. The van der Waals surface area contributed by atoms with Gasteiger partial charge in [-0.1, -0.05) is 41.9 Å². The van der Waals surface area contributed by atoms with Crippen LogP contribution in [0.2, 0.25) is 0 Å². The first-order valence-corrected chi connectivity index (χ1v) is 7.02. The van der Waals surface area contributed by atoms with E-state index in [1.807, 2.05) is 6.92 Å². The summed E-state index contributed by atoms with van der Waals surface area (Å²) in [5.74, 6) is 0.540. The molecule has 1 radical (unpaired) electrons. The van der Waals surface area contributed by atoms with Crippen molar-refractivity contribution in [2.75, 3.05) is 0 Å². The average molecular weight is 306 g/mol. The Morgan fingerprint density at radius 1 is 1.39 bits per heavy atom. The lowest BCUT2D eigenvalue weighted by atomic mass is 9.94. The monoisotopic (exact) mass is 305 g/mol. The second kappa shape index (κ2) is 5.27. The predicted octanol–water partition coefficient (Wildman–Crippen LogP) is 4.20. The van der Waals surface area contributed by atoms with Gasteiger partial charge in [0.25, 0.3) is 0 Å². The van der Waals surface area contributed by atoms with Gasteiger partial charge in [0, 0.05) is 15.7 Å². The number of nitrogens with one attached hydrogen (secondary N) is 1. The highest BCUT2D eigenvalue weighted by Crippen LogP contribution is 2.32. The molecule has 18 heavy (non-hydrogen) atoms. The fourth-order valence-corrected chi connectivity index (χ4v) is 2.81. The van der Waals surface area contributed by atoms with E-state index in [9.17, 15) is 0 Å². The van der Waals surface area contributed by atoms with Crippen molar-refractivity contribution >= 4 is 27.8 Å². The smallest absolute Gasteiger partial charge is 0.169 e. The van der Waals surface area contributed by atoms with E-state index in [0.29, 0.717) is 5.92 Å². The Balaban J connectivity index is 2.49. The molecule has 1 aromatic carbocycles. The summed E-state index contributed by atoms with van der Waals surface area (Å²) >= 11 is 3.68. The minimum Gasteiger partial charge on any atom is -0.360 e. The molecule has 0 saturated heterocycles. The summed E-state index contributed by atoms with van der Waals surface area (Å²) in [6.45, 7) is 8.57. The maximum Gasteiger partial charge on any atom is 0.169 e. The fourth-order valence-electron chi connectivity index (χ4n) is 2.20. The SMILES string of the molecule is CC1=C(c2ccc(C(C)C)cc2Br)C(C)N[C]=N1. The normalized spacial score (nSPS) is 19.3. The number of rotatable bonds is 2. The third kappa shape index (κ3) is 2.51. The van der Waals surface area contributed by atoms with Crippen molar-refractivity contribution in [2.45, 2.75) is 39.7 Å². The van der Waals surface area contributed by atoms with Crippen molar-refractivity contribution in [3.8, 4) is 0 Å². The topological polar surface area (TPSA) is 24.4 Å². The largest absolute Gasteiger partial charge is 0.360 e. The molecule has 1 aromatic rings. The van der Waals surface area contributed by atoms with Gasteiger partial charge in [0.05, 0.1) is 6.04 Å². The van der Waals surface area contributed by atoms with E-state index in [-0.39, 0.29) is 6.04 Å². The minimum absolute atomic E-state index is 0.240.